The topological polar surface area (TPSA) is 85.1 Å². The van der Waals surface area contributed by atoms with E-state index in [9.17, 15) is 9.59 Å². The maximum absolute atomic E-state index is 12.0. The Morgan fingerprint density at radius 1 is 1.24 bits per heavy atom. The summed E-state index contributed by atoms with van der Waals surface area (Å²) < 4.78 is 42.8. The predicted molar refractivity (Wildman–Crippen MR) is 76.3 cm³/mol. The number of carbonyl (C=O) groups excluding carboxylic acids is 2. The van der Waals surface area contributed by atoms with E-state index in [4.69, 9.17) is 20.7 Å². The van der Waals surface area contributed by atoms with E-state index in [-0.39, 0.29) is 44.2 Å². The van der Waals surface area contributed by atoms with Crippen LogP contribution in [0.5, 0.6) is 0 Å². The van der Waals surface area contributed by atoms with Crippen LogP contribution in [0.15, 0.2) is 24.2 Å². The van der Waals surface area contributed by atoms with Gasteiger partial charge in [-0.1, -0.05) is 0 Å². The van der Waals surface area contributed by atoms with Gasteiger partial charge in [0.25, 0.3) is 5.91 Å². The molecule has 1 aromatic carbocycles. The number of hydrogen-bond donors (Lipinski definition) is 1. The van der Waals surface area contributed by atoms with Crippen LogP contribution in [0.2, 0.25) is 0 Å². The zero-order valence-corrected chi connectivity index (χ0v) is 11.2. The van der Waals surface area contributed by atoms with Gasteiger partial charge in [0.15, 0.2) is 0 Å². The molecule has 2 N–H and O–H groups in total. The minimum absolute atomic E-state index is 0.0435. The van der Waals surface area contributed by atoms with Crippen molar-refractivity contribution in [2.75, 3.05) is 42.6 Å². The van der Waals surface area contributed by atoms with Crippen molar-refractivity contribution in [3.63, 3.8) is 0 Å². The normalized spacial score (nSPS) is 25.3. The van der Waals surface area contributed by atoms with E-state index in [0.717, 1.165) is 4.90 Å². The molecule has 21 heavy (non-hydrogen) atoms. The number of carbonyl (C=O) groups is 2. The molecule has 2 amide bonds. The number of ether oxygens (including phenoxy) is 2. The molecule has 7 heteroatoms. The van der Waals surface area contributed by atoms with Crippen molar-refractivity contribution < 1.29 is 24.5 Å². The SMILES string of the molecule is [2H]c1c([2H])c(N2C[C@@H](CN)OC2=O)c([2H])c([2H])c1N1CCOCC1=O. The van der Waals surface area contributed by atoms with E-state index >= 15 is 0 Å². The predicted octanol–water partition coefficient (Wildman–Crippen LogP) is 0.334. The fourth-order valence-corrected chi connectivity index (χ4v) is 2.15. The largest absolute Gasteiger partial charge is 0.443 e. The summed E-state index contributed by atoms with van der Waals surface area (Å²) in [6.45, 7) is 0.323. The molecule has 2 aliphatic heterocycles. The lowest BCUT2D eigenvalue weighted by Crippen LogP contribution is -2.41. The van der Waals surface area contributed by atoms with Crippen molar-refractivity contribution in [1.29, 1.82) is 0 Å². The molecule has 3 rings (SSSR count). The molecule has 0 spiro atoms. The summed E-state index contributed by atoms with van der Waals surface area (Å²) in [5.74, 6) is -0.441. The lowest BCUT2D eigenvalue weighted by Gasteiger charge is -2.27. The Kier molecular flexibility index (Phi) is 2.65. The molecule has 0 radical (unpaired) electrons. The van der Waals surface area contributed by atoms with Crippen molar-refractivity contribution in [3.05, 3.63) is 24.2 Å². The smallest absolute Gasteiger partial charge is 0.414 e. The molecular weight excluding hydrogens is 274 g/mol. The van der Waals surface area contributed by atoms with Gasteiger partial charge in [-0.05, 0) is 24.2 Å². The number of amides is 2. The van der Waals surface area contributed by atoms with Gasteiger partial charge in [0.1, 0.15) is 12.7 Å². The molecule has 1 atom stereocenters. The zero-order chi connectivity index (χ0) is 18.3. The van der Waals surface area contributed by atoms with E-state index in [1.165, 1.54) is 4.90 Å². The maximum atomic E-state index is 12.0. The monoisotopic (exact) mass is 295 g/mol. The number of morpholine rings is 1. The molecule has 2 saturated heterocycles. The van der Waals surface area contributed by atoms with Gasteiger partial charge < -0.3 is 20.1 Å². The molecule has 0 aromatic heterocycles. The summed E-state index contributed by atoms with van der Waals surface area (Å²) in [7, 11) is 0. The van der Waals surface area contributed by atoms with Crippen LogP contribution in [0.25, 0.3) is 0 Å². The van der Waals surface area contributed by atoms with Gasteiger partial charge >= 0.3 is 6.09 Å². The van der Waals surface area contributed by atoms with Crippen molar-refractivity contribution in [2.45, 2.75) is 6.10 Å². The highest BCUT2D eigenvalue weighted by atomic mass is 16.6. The lowest BCUT2D eigenvalue weighted by molar-refractivity contribution is -0.125. The molecule has 2 fully saturated rings. The van der Waals surface area contributed by atoms with E-state index < -0.39 is 42.3 Å². The number of rotatable bonds is 3. The standard InChI is InChI=1S/C14H17N3O4/c15-7-12-8-17(14(19)21-12)11-3-1-10(2-4-11)16-5-6-20-9-13(16)18/h1-4,12H,5-9,15H2/t12-/m1/s1/i1D,2D,3D,4D. The first kappa shape index (κ1) is 9.75. The highest BCUT2D eigenvalue weighted by Gasteiger charge is 2.31. The Labute approximate surface area is 127 Å². The molecule has 2 aliphatic rings. The summed E-state index contributed by atoms with van der Waals surface area (Å²) in [6.07, 6.45) is -1.35. The van der Waals surface area contributed by atoms with Gasteiger partial charge in [-0.25, -0.2) is 4.79 Å². The third-order valence-corrected chi connectivity index (χ3v) is 3.26. The van der Waals surface area contributed by atoms with Gasteiger partial charge in [-0.3, -0.25) is 9.69 Å². The highest BCUT2D eigenvalue weighted by molar-refractivity contribution is 5.95. The van der Waals surface area contributed by atoms with E-state index in [0.29, 0.717) is 0 Å². The van der Waals surface area contributed by atoms with Crippen molar-refractivity contribution in [3.8, 4) is 0 Å². The van der Waals surface area contributed by atoms with Crippen molar-refractivity contribution in [2.24, 2.45) is 5.73 Å². The Bertz CT molecular complexity index is 716. The molecule has 112 valence electrons. The van der Waals surface area contributed by atoms with Gasteiger partial charge in [-0.15, -0.1) is 0 Å². The van der Waals surface area contributed by atoms with Crippen molar-refractivity contribution in [1.82, 2.24) is 0 Å². The number of nitrogens with zero attached hydrogens (tertiary/aromatic N) is 2. The lowest BCUT2D eigenvalue weighted by atomic mass is 10.2. The van der Waals surface area contributed by atoms with E-state index in [2.05, 4.69) is 0 Å². The number of hydrogen-bond acceptors (Lipinski definition) is 5. The molecule has 7 nitrogen and oxygen atoms in total. The summed E-state index contributed by atoms with van der Waals surface area (Å²) in [5.41, 5.74) is 5.19. The Morgan fingerprint density at radius 3 is 2.48 bits per heavy atom. The summed E-state index contributed by atoms with van der Waals surface area (Å²) >= 11 is 0. The molecule has 2 heterocycles. The third kappa shape index (κ3) is 2.70. The van der Waals surface area contributed by atoms with Crippen LogP contribution in [0, 0.1) is 0 Å². The first-order valence-corrected chi connectivity index (χ1v) is 6.53. The summed E-state index contributed by atoms with van der Waals surface area (Å²) in [5, 5.41) is 0. The zero-order valence-electron chi connectivity index (χ0n) is 15.2. The second kappa shape index (κ2) is 5.71. The highest BCUT2D eigenvalue weighted by Crippen LogP contribution is 2.25. The first-order valence-electron chi connectivity index (χ1n) is 8.53. The number of anilines is 2. The van der Waals surface area contributed by atoms with Crippen LogP contribution >= 0.6 is 0 Å². The third-order valence-electron chi connectivity index (χ3n) is 3.26. The first-order chi connectivity index (χ1) is 11.9. The Morgan fingerprint density at radius 2 is 1.90 bits per heavy atom. The van der Waals surface area contributed by atoms with Crippen LogP contribution in [0.4, 0.5) is 16.2 Å². The van der Waals surface area contributed by atoms with Crippen LogP contribution < -0.4 is 15.5 Å². The number of nitrogens with two attached hydrogens (primary N) is 1. The second-order valence-electron chi connectivity index (χ2n) is 4.65. The minimum Gasteiger partial charge on any atom is -0.443 e. The quantitative estimate of drug-likeness (QED) is 0.869. The molecule has 0 unspecified atom stereocenters. The maximum Gasteiger partial charge on any atom is 0.414 e. The van der Waals surface area contributed by atoms with Gasteiger partial charge in [0.05, 0.1) is 18.6 Å². The van der Waals surface area contributed by atoms with E-state index in [1.54, 1.807) is 0 Å². The van der Waals surface area contributed by atoms with Gasteiger partial charge in [0, 0.05) is 24.5 Å². The molecule has 1 aromatic rings. The minimum atomic E-state index is -0.772. The van der Waals surface area contributed by atoms with E-state index in [1.807, 2.05) is 0 Å². The fourth-order valence-electron chi connectivity index (χ4n) is 2.15. The van der Waals surface area contributed by atoms with Crippen LogP contribution in [0.1, 0.15) is 5.48 Å². The van der Waals surface area contributed by atoms with Crippen LogP contribution in [-0.4, -0.2) is 51.0 Å². The average Bonchev–Trinajstić information content (AvgIpc) is 2.96. The molecular formula is C14H17N3O4. The Balaban J connectivity index is 2.09. The Hall–Kier alpha value is -2.12. The second-order valence-corrected chi connectivity index (χ2v) is 4.65. The molecule has 0 bridgehead atoms. The number of benzene rings is 1. The average molecular weight is 295 g/mol. The summed E-state index contributed by atoms with van der Waals surface area (Å²) in [4.78, 5) is 26.2. The number of cyclic esters (lactones) is 1. The van der Waals surface area contributed by atoms with Crippen LogP contribution in [0.3, 0.4) is 0 Å². The van der Waals surface area contributed by atoms with Gasteiger partial charge in [0.2, 0.25) is 0 Å². The van der Waals surface area contributed by atoms with Gasteiger partial charge in [-0.2, -0.15) is 0 Å². The molecule has 0 saturated carbocycles. The van der Waals surface area contributed by atoms with Crippen molar-refractivity contribution >= 4 is 23.4 Å². The summed E-state index contributed by atoms with van der Waals surface area (Å²) in [6, 6.07) is -1.61. The van der Waals surface area contributed by atoms with Crippen LogP contribution in [-0.2, 0) is 14.3 Å². The molecule has 0 aliphatic carbocycles. The fraction of sp³-hybridized carbons (Fsp3) is 0.429.